The molecule has 0 radical (unpaired) electrons. The van der Waals surface area contributed by atoms with Crippen molar-refractivity contribution in [3.8, 4) is 0 Å². The van der Waals surface area contributed by atoms with Crippen LogP contribution >= 0.6 is 0 Å². The minimum absolute atomic E-state index is 0.0261. The van der Waals surface area contributed by atoms with Crippen molar-refractivity contribution in [1.29, 1.82) is 0 Å². The van der Waals surface area contributed by atoms with E-state index in [1.807, 2.05) is 12.1 Å². The number of amides is 2. The Morgan fingerprint density at radius 2 is 1.86 bits per heavy atom. The van der Waals surface area contributed by atoms with Crippen LogP contribution in [0.2, 0.25) is 0 Å². The molecule has 1 atom stereocenters. The van der Waals surface area contributed by atoms with Crippen LogP contribution in [0.5, 0.6) is 0 Å². The second-order valence-corrected chi connectivity index (χ2v) is 8.71. The van der Waals surface area contributed by atoms with Gasteiger partial charge < -0.3 is 21.5 Å². The van der Waals surface area contributed by atoms with Gasteiger partial charge in [-0.2, -0.15) is 13.2 Å². The third-order valence-electron chi connectivity index (χ3n) is 6.22. The molecule has 11 heteroatoms. The Labute approximate surface area is 211 Å². The third-order valence-corrected chi connectivity index (χ3v) is 6.22. The Hall–Kier alpha value is -4.12. The molecule has 0 spiro atoms. The molecule has 1 aliphatic rings. The van der Waals surface area contributed by atoms with Gasteiger partial charge in [-0.15, -0.1) is 0 Å². The maximum absolute atomic E-state index is 14.2. The number of piperazine rings is 1. The molecule has 1 saturated heterocycles. The smallest absolute Gasteiger partial charge is 0.418 e. The second kappa shape index (κ2) is 10.9. The van der Waals surface area contributed by atoms with Crippen LogP contribution in [0, 0.1) is 0 Å². The van der Waals surface area contributed by atoms with Crippen molar-refractivity contribution >= 4 is 23.5 Å². The Morgan fingerprint density at radius 1 is 1.11 bits per heavy atom. The van der Waals surface area contributed by atoms with Gasteiger partial charge in [-0.05, 0) is 53.8 Å². The Bertz CT molecular complexity index is 1280. The molecular weight excluding hydrogens is 487 g/mol. The Balaban J connectivity index is 1.58. The summed E-state index contributed by atoms with van der Waals surface area (Å²) >= 11 is 0. The van der Waals surface area contributed by atoms with Gasteiger partial charge in [-0.3, -0.25) is 9.69 Å². The molecule has 1 aliphatic heterocycles. The number of rotatable bonds is 6. The van der Waals surface area contributed by atoms with Crippen molar-refractivity contribution in [3.05, 3.63) is 88.6 Å². The number of nitrogens with one attached hydrogen (secondary N) is 2. The van der Waals surface area contributed by atoms with Crippen LogP contribution in [0.4, 0.5) is 29.5 Å². The summed E-state index contributed by atoms with van der Waals surface area (Å²) in [7, 11) is 0. The molecule has 1 aromatic heterocycles. The number of nitrogen functional groups attached to an aromatic ring is 1. The summed E-state index contributed by atoms with van der Waals surface area (Å²) < 4.78 is 42.7. The first-order valence-electron chi connectivity index (χ1n) is 11.6. The molecule has 194 valence electrons. The zero-order valence-electron chi connectivity index (χ0n) is 19.8. The van der Waals surface area contributed by atoms with E-state index in [4.69, 9.17) is 5.73 Å². The number of hydrogen-bond acceptors (Lipinski definition) is 5. The summed E-state index contributed by atoms with van der Waals surface area (Å²) in [4.78, 5) is 29.7. The van der Waals surface area contributed by atoms with Crippen molar-refractivity contribution in [2.45, 2.75) is 25.1 Å². The summed E-state index contributed by atoms with van der Waals surface area (Å²) in [5, 5.41) is 14.9. The first-order valence-corrected chi connectivity index (χ1v) is 11.6. The number of nitrogens with two attached hydrogens (primary N) is 1. The molecule has 2 amide bonds. The number of alkyl halides is 3. The van der Waals surface area contributed by atoms with E-state index < -0.39 is 35.5 Å². The average Bonchev–Trinajstić information content (AvgIpc) is 2.87. The highest BCUT2D eigenvalue weighted by molar-refractivity contribution is 6.05. The molecule has 2 heterocycles. The Morgan fingerprint density at radius 3 is 2.57 bits per heavy atom. The van der Waals surface area contributed by atoms with E-state index in [0.29, 0.717) is 25.2 Å². The predicted molar refractivity (Wildman–Crippen MR) is 132 cm³/mol. The molecule has 0 aliphatic carbocycles. The number of carboxylic acid groups (broad SMARTS) is 1. The lowest BCUT2D eigenvalue weighted by atomic mass is 9.95. The average molecular weight is 514 g/mol. The fourth-order valence-electron chi connectivity index (χ4n) is 4.41. The van der Waals surface area contributed by atoms with Crippen LogP contribution in [0.25, 0.3) is 0 Å². The normalized spacial score (nSPS) is 15.9. The van der Waals surface area contributed by atoms with Crippen LogP contribution in [0.15, 0.2) is 60.8 Å². The number of aromatic nitrogens is 1. The van der Waals surface area contributed by atoms with Crippen LogP contribution in [0.3, 0.4) is 0 Å². The number of anilines is 2. The summed E-state index contributed by atoms with van der Waals surface area (Å²) in [5.41, 5.74) is 5.90. The van der Waals surface area contributed by atoms with Gasteiger partial charge in [-0.25, -0.2) is 9.78 Å². The van der Waals surface area contributed by atoms with Gasteiger partial charge in [0, 0.05) is 31.4 Å². The standard InChI is InChI=1S/C26H26F3N5O3/c27-26(28,29)23-19(21-15-31-11-12-34(21)25(36)37)5-2-6-20(23)33-24(35)18-4-1-3-16(13-18)7-8-17-9-10-22(30)32-14-17/h1-6,9-10,13-14,21,31H,7-8,11-12,15H2,(H2,30,32)(H,33,35)(H,36,37). The molecule has 3 aromatic rings. The number of hydrogen-bond donors (Lipinski definition) is 4. The lowest BCUT2D eigenvalue weighted by Crippen LogP contribution is -2.48. The molecule has 5 N–H and O–H groups in total. The minimum atomic E-state index is -4.82. The second-order valence-electron chi connectivity index (χ2n) is 8.71. The van der Waals surface area contributed by atoms with Gasteiger partial charge in [0.2, 0.25) is 0 Å². The zero-order chi connectivity index (χ0) is 26.6. The molecule has 2 aromatic carbocycles. The summed E-state index contributed by atoms with van der Waals surface area (Å²) in [6.07, 6.45) is -3.22. The maximum Gasteiger partial charge on any atom is 0.418 e. The highest BCUT2D eigenvalue weighted by Gasteiger charge is 2.41. The van der Waals surface area contributed by atoms with E-state index >= 15 is 0 Å². The van der Waals surface area contributed by atoms with E-state index in [1.54, 1.807) is 24.4 Å². The van der Waals surface area contributed by atoms with Crippen LogP contribution in [-0.2, 0) is 19.0 Å². The van der Waals surface area contributed by atoms with Gasteiger partial charge in [0.1, 0.15) is 5.82 Å². The largest absolute Gasteiger partial charge is 0.465 e. The molecule has 4 rings (SSSR count). The SMILES string of the molecule is Nc1ccc(CCc2cccc(C(=O)Nc3cccc(C4CNCCN4C(=O)O)c3C(F)(F)F)c2)cn1. The lowest BCUT2D eigenvalue weighted by Gasteiger charge is -2.36. The Kier molecular flexibility index (Phi) is 7.63. The minimum Gasteiger partial charge on any atom is -0.465 e. The van der Waals surface area contributed by atoms with Gasteiger partial charge in [0.05, 0.1) is 17.3 Å². The lowest BCUT2D eigenvalue weighted by molar-refractivity contribution is -0.138. The van der Waals surface area contributed by atoms with Crippen molar-refractivity contribution < 1.29 is 27.9 Å². The highest BCUT2D eigenvalue weighted by atomic mass is 19.4. The van der Waals surface area contributed by atoms with Gasteiger partial charge in [0.25, 0.3) is 5.91 Å². The van der Waals surface area contributed by atoms with Gasteiger partial charge in [0.15, 0.2) is 0 Å². The quantitative estimate of drug-likeness (QED) is 0.389. The molecule has 1 fully saturated rings. The molecule has 37 heavy (non-hydrogen) atoms. The van der Waals surface area contributed by atoms with E-state index in [-0.39, 0.29) is 24.2 Å². The number of halogens is 3. The van der Waals surface area contributed by atoms with Gasteiger partial charge >= 0.3 is 12.3 Å². The fourth-order valence-corrected chi connectivity index (χ4v) is 4.41. The van der Waals surface area contributed by atoms with Crippen molar-refractivity contribution in [3.63, 3.8) is 0 Å². The number of benzene rings is 2. The number of carbonyl (C=O) groups is 2. The van der Waals surface area contributed by atoms with E-state index in [2.05, 4.69) is 15.6 Å². The fraction of sp³-hybridized carbons (Fsp3) is 0.269. The van der Waals surface area contributed by atoms with Gasteiger partial charge in [-0.1, -0.05) is 30.3 Å². The first-order chi connectivity index (χ1) is 17.6. The van der Waals surface area contributed by atoms with Crippen molar-refractivity contribution in [2.24, 2.45) is 0 Å². The number of nitrogens with zero attached hydrogens (tertiary/aromatic N) is 2. The van der Waals surface area contributed by atoms with Crippen molar-refractivity contribution in [1.82, 2.24) is 15.2 Å². The summed E-state index contributed by atoms with van der Waals surface area (Å²) in [6.45, 7) is 0.414. The molecule has 1 unspecified atom stereocenters. The first kappa shape index (κ1) is 26.0. The number of aryl methyl sites for hydroxylation is 2. The predicted octanol–water partition coefficient (Wildman–Crippen LogP) is 4.34. The van der Waals surface area contributed by atoms with Crippen LogP contribution in [0.1, 0.15) is 38.7 Å². The molecule has 8 nitrogen and oxygen atoms in total. The third kappa shape index (κ3) is 6.18. The van der Waals surface area contributed by atoms with E-state index in [1.165, 1.54) is 24.3 Å². The monoisotopic (exact) mass is 513 g/mol. The van der Waals surface area contributed by atoms with Crippen molar-refractivity contribution in [2.75, 3.05) is 30.7 Å². The maximum atomic E-state index is 14.2. The van der Waals surface area contributed by atoms with E-state index in [0.717, 1.165) is 16.0 Å². The highest BCUT2D eigenvalue weighted by Crippen LogP contribution is 2.41. The molecule has 0 bridgehead atoms. The number of carbonyl (C=O) groups excluding carboxylic acids is 1. The number of pyridine rings is 1. The van der Waals surface area contributed by atoms with Crippen LogP contribution in [-0.4, -0.2) is 46.6 Å². The topological polar surface area (TPSA) is 121 Å². The van der Waals surface area contributed by atoms with Crippen LogP contribution < -0.4 is 16.4 Å². The summed E-state index contributed by atoms with van der Waals surface area (Å²) in [6, 6.07) is 13.0. The summed E-state index contributed by atoms with van der Waals surface area (Å²) in [5.74, 6) is -0.282. The zero-order valence-corrected chi connectivity index (χ0v) is 19.8. The molecular formula is C26H26F3N5O3. The van der Waals surface area contributed by atoms with E-state index in [9.17, 15) is 27.9 Å². The molecule has 0 saturated carbocycles.